The monoisotopic (exact) mass is 259 g/mol. The quantitative estimate of drug-likeness (QED) is 0.644. The molecule has 0 heterocycles. The fourth-order valence-corrected chi connectivity index (χ4v) is 2.07. The summed E-state index contributed by atoms with van der Waals surface area (Å²) in [4.78, 5) is 2.23. The average molecular weight is 259 g/mol. The van der Waals surface area contributed by atoms with Crippen molar-refractivity contribution in [1.29, 1.82) is 0 Å². The van der Waals surface area contributed by atoms with Crippen molar-refractivity contribution in [3.63, 3.8) is 0 Å². The first-order valence-corrected chi connectivity index (χ1v) is 7.28. The van der Waals surface area contributed by atoms with Crippen molar-refractivity contribution in [3.05, 3.63) is 42.1 Å². The molecule has 0 saturated heterocycles. The van der Waals surface area contributed by atoms with Crippen LogP contribution in [0, 0.1) is 5.41 Å². The van der Waals surface area contributed by atoms with Crippen LogP contribution in [0.1, 0.15) is 58.9 Å². The third-order valence-corrected chi connectivity index (χ3v) is 4.04. The first kappa shape index (κ1) is 15.8. The Bertz CT molecular complexity index is 429. The van der Waals surface area contributed by atoms with Crippen LogP contribution in [0.5, 0.6) is 0 Å². The highest BCUT2D eigenvalue weighted by atomic mass is 15.1. The van der Waals surface area contributed by atoms with Gasteiger partial charge in [0.2, 0.25) is 0 Å². The Balaban J connectivity index is 2.85. The van der Waals surface area contributed by atoms with Gasteiger partial charge in [0, 0.05) is 18.4 Å². The van der Waals surface area contributed by atoms with Crippen molar-refractivity contribution in [2.24, 2.45) is 5.41 Å². The van der Waals surface area contributed by atoms with Gasteiger partial charge in [-0.15, -0.1) is 0 Å². The summed E-state index contributed by atoms with van der Waals surface area (Å²) >= 11 is 0. The molecule has 0 aromatic heterocycles. The molecule has 0 N–H and O–H groups in total. The molecule has 1 aromatic carbocycles. The van der Waals surface area contributed by atoms with Crippen LogP contribution in [0.3, 0.4) is 0 Å². The summed E-state index contributed by atoms with van der Waals surface area (Å²) in [6.45, 7) is 15.6. The maximum Gasteiger partial charge on any atom is 0.0408 e. The summed E-state index contributed by atoms with van der Waals surface area (Å²) < 4.78 is 0. The van der Waals surface area contributed by atoms with E-state index in [1.807, 2.05) is 0 Å². The molecular formula is C18H29N. The number of allylic oxidation sites excluding steroid dienone is 1. The van der Waals surface area contributed by atoms with Crippen molar-refractivity contribution in [2.75, 3.05) is 11.9 Å². The highest BCUT2D eigenvalue weighted by molar-refractivity contribution is 5.53. The average Bonchev–Trinajstić information content (AvgIpc) is 2.37. The second-order valence-corrected chi connectivity index (χ2v) is 6.57. The molecule has 0 saturated carbocycles. The van der Waals surface area contributed by atoms with Crippen LogP contribution < -0.4 is 4.90 Å². The second-order valence-electron chi connectivity index (χ2n) is 6.57. The van der Waals surface area contributed by atoms with Crippen LogP contribution in [-0.4, -0.2) is 7.05 Å². The lowest BCUT2D eigenvalue weighted by atomic mass is 9.85. The van der Waals surface area contributed by atoms with E-state index in [2.05, 4.69) is 77.4 Å². The van der Waals surface area contributed by atoms with Gasteiger partial charge in [-0.2, -0.15) is 0 Å². The molecule has 0 fully saturated rings. The summed E-state index contributed by atoms with van der Waals surface area (Å²) in [6, 6.07) is 8.77. The number of benzene rings is 1. The van der Waals surface area contributed by atoms with Crippen molar-refractivity contribution >= 4 is 5.69 Å². The first-order valence-electron chi connectivity index (χ1n) is 7.28. The number of anilines is 1. The van der Waals surface area contributed by atoms with Gasteiger partial charge in [-0.1, -0.05) is 59.8 Å². The van der Waals surface area contributed by atoms with Crippen LogP contribution in [-0.2, 0) is 0 Å². The summed E-state index contributed by atoms with van der Waals surface area (Å²) in [5, 5.41) is 0. The van der Waals surface area contributed by atoms with Crippen LogP contribution >= 0.6 is 0 Å². The second kappa shape index (κ2) is 6.27. The molecule has 1 heteroatoms. The lowest BCUT2D eigenvalue weighted by Crippen LogP contribution is -2.21. The van der Waals surface area contributed by atoms with E-state index < -0.39 is 0 Å². The third kappa shape index (κ3) is 4.41. The highest BCUT2D eigenvalue weighted by Crippen LogP contribution is 2.31. The SMILES string of the molecule is C=C(CC(C)(C)CC)N(C)c1cccc(C(C)C)c1. The van der Waals surface area contributed by atoms with Gasteiger partial charge in [-0.3, -0.25) is 0 Å². The molecule has 1 aromatic rings. The molecule has 0 atom stereocenters. The summed E-state index contributed by atoms with van der Waals surface area (Å²) in [5.41, 5.74) is 4.13. The van der Waals surface area contributed by atoms with Gasteiger partial charge >= 0.3 is 0 Å². The Hall–Kier alpha value is -1.24. The minimum Gasteiger partial charge on any atom is -0.349 e. The standard InChI is InChI=1S/C18H29N/c1-8-18(5,6)13-15(4)19(7)17-11-9-10-16(12-17)14(2)3/h9-12,14H,4,8,13H2,1-3,5-7H3. The van der Waals surface area contributed by atoms with Gasteiger partial charge in [0.05, 0.1) is 0 Å². The summed E-state index contributed by atoms with van der Waals surface area (Å²) in [5.74, 6) is 0.564. The van der Waals surface area contributed by atoms with E-state index in [-0.39, 0.29) is 0 Å². The number of hydrogen-bond donors (Lipinski definition) is 0. The molecule has 0 aliphatic carbocycles. The normalized spacial score (nSPS) is 11.7. The lowest BCUT2D eigenvalue weighted by molar-refractivity contribution is 0.346. The molecule has 1 rings (SSSR count). The van der Waals surface area contributed by atoms with Crippen LogP contribution in [0.15, 0.2) is 36.5 Å². The molecule has 0 spiro atoms. The van der Waals surface area contributed by atoms with Gasteiger partial charge in [0.25, 0.3) is 0 Å². The fraction of sp³-hybridized carbons (Fsp3) is 0.556. The summed E-state index contributed by atoms with van der Waals surface area (Å²) in [6.07, 6.45) is 2.21. The smallest absolute Gasteiger partial charge is 0.0408 e. The number of nitrogens with zero attached hydrogens (tertiary/aromatic N) is 1. The zero-order valence-electron chi connectivity index (χ0n) is 13.5. The van der Waals surface area contributed by atoms with E-state index in [1.165, 1.54) is 23.4 Å². The molecule has 0 bridgehead atoms. The fourth-order valence-electron chi connectivity index (χ4n) is 2.07. The molecule has 0 amide bonds. The number of hydrogen-bond acceptors (Lipinski definition) is 1. The predicted octanol–water partition coefficient (Wildman–Crippen LogP) is 5.59. The Morgan fingerprint density at radius 2 is 1.95 bits per heavy atom. The minimum absolute atomic E-state index is 0.320. The largest absolute Gasteiger partial charge is 0.349 e. The van der Waals surface area contributed by atoms with Gasteiger partial charge in [0.1, 0.15) is 0 Å². The Morgan fingerprint density at radius 3 is 2.47 bits per heavy atom. The maximum absolute atomic E-state index is 4.26. The molecule has 0 aliphatic heterocycles. The van der Waals surface area contributed by atoms with Gasteiger partial charge < -0.3 is 4.90 Å². The first-order chi connectivity index (χ1) is 8.76. The van der Waals surface area contributed by atoms with Crippen molar-refractivity contribution in [1.82, 2.24) is 0 Å². The van der Waals surface area contributed by atoms with E-state index in [0.29, 0.717) is 11.3 Å². The van der Waals surface area contributed by atoms with Gasteiger partial charge in [0.15, 0.2) is 0 Å². The van der Waals surface area contributed by atoms with Crippen LogP contribution in [0.25, 0.3) is 0 Å². The zero-order valence-corrected chi connectivity index (χ0v) is 13.5. The van der Waals surface area contributed by atoms with Crippen molar-refractivity contribution < 1.29 is 0 Å². The van der Waals surface area contributed by atoms with E-state index in [4.69, 9.17) is 0 Å². The van der Waals surface area contributed by atoms with E-state index in [9.17, 15) is 0 Å². The Labute approximate surface area is 119 Å². The molecular weight excluding hydrogens is 230 g/mol. The molecule has 19 heavy (non-hydrogen) atoms. The minimum atomic E-state index is 0.320. The third-order valence-electron chi connectivity index (χ3n) is 4.04. The van der Waals surface area contributed by atoms with Crippen molar-refractivity contribution in [3.8, 4) is 0 Å². The van der Waals surface area contributed by atoms with Gasteiger partial charge in [-0.25, -0.2) is 0 Å². The van der Waals surface area contributed by atoms with Crippen LogP contribution in [0.2, 0.25) is 0 Å². The van der Waals surface area contributed by atoms with E-state index >= 15 is 0 Å². The molecule has 0 radical (unpaired) electrons. The lowest BCUT2D eigenvalue weighted by Gasteiger charge is -2.30. The Kier molecular flexibility index (Phi) is 5.22. The number of rotatable bonds is 6. The Morgan fingerprint density at radius 1 is 1.32 bits per heavy atom. The predicted molar refractivity (Wildman–Crippen MR) is 86.8 cm³/mol. The van der Waals surface area contributed by atoms with E-state index in [0.717, 1.165) is 6.42 Å². The maximum atomic E-state index is 4.26. The molecule has 1 nitrogen and oxygen atoms in total. The van der Waals surface area contributed by atoms with Gasteiger partial charge in [-0.05, 0) is 35.4 Å². The molecule has 0 aliphatic rings. The topological polar surface area (TPSA) is 3.24 Å². The highest BCUT2D eigenvalue weighted by Gasteiger charge is 2.18. The summed E-state index contributed by atoms with van der Waals surface area (Å²) in [7, 11) is 2.12. The van der Waals surface area contributed by atoms with Crippen LogP contribution in [0.4, 0.5) is 5.69 Å². The molecule has 0 unspecified atom stereocenters. The zero-order chi connectivity index (χ0) is 14.6. The molecule has 106 valence electrons. The van der Waals surface area contributed by atoms with E-state index in [1.54, 1.807) is 0 Å². The van der Waals surface area contributed by atoms with Crippen molar-refractivity contribution in [2.45, 2.75) is 53.4 Å².